The van der Waals surface area contributed by atoms with E-state index in [0.29, 0.717) is 28.9 Å². The molecule has 4 aromatic rings. The van der Waals surface area contributed by atoms with Gasteiger partial charge in [-0.1, -0.05) is 18.5 Å². The van der Waals surface area contributed by atoms with Gasteiger partial charge in [-0.15, -0.1) is 0 Å². The molecule has 0 bridgehead atoms. The van der Waals surface area contributed by atoms with E-state index in [0.717, 1.165) is 48.4 Å². The molecule has 1 N–H and O–H groups in total. The predicted molar refractivity (Wildman–Crippen MR) is 131 cm³/mol. The Labute approximate surface area is 196 Å². The highest BCUT2D eigenvalue weighted by atomic mass is 35.5. The van der Waals surface area contributed by atoms with E-state index in [1.54, 1.807) is 28.7 Å². The van der Waals surface area contributed by atoms with Gasteiger partial charge in [-0.3, -0.25) is 9.48 Å². The van der Waals surface area contributed by atoms with Gasteiger partial charge in [-0.25, -0.2) is 4.98 Å². The molecule has 5 rings (SSSR count). The van der Waals surface area contributed by atoms with E-state index in [1.807, 2.05) is 36.5 Å². The highest BCUT2D eigenvalue weighted by Gasteiger charge is 2.19. The van der Waals surface area contributed by atoms with Crippen LogP contribution in [0, 0.1) is 5.92 Å². The van der Waals surface area contributed by atoms with Gasteiger partial charge < -0.3 is 14.8 Å². The van der Waals surface area contributed by atoms with Gasteiger partial charge >= 0.3 is 0 Å². The summed E-state index contributed by atoms with van der Waals surface area (Å²) in [7, 11) is 1.79. The van der Waals surface area contributed by atoms with Crippen LogP contribution in [0.5, 0.6) is 0 Å². The number of nitrogens with zero attached hydrogens (tertiary/aromatic N) is 6. The lowest BCUT2D eigenvalue weighted by atomic mass is 10.00. The number of aromatic nitrogens is 5. The van der Waals surface area contributed by atoms with Crippen molar-refractivity contribution < 1.29 is 0 Å². The maximum absolute atomic E-state index is 12.8. The standard InChI is InChI=1S/C24H26ClN7O/c1-16-6-10-31(11-7-16)24-26-14-20(25)22(29-24)28-19-4-5-21-17(13-19)12-18(23(33)30(21)2)15-32-9-3-8-27-32/h3-5,8-9,12-14,16H,6-7,10-11,15H2,1-2H3,(H,26,28,29). The second kappa shape index (κ2) is 8.86. The van der Waals surface area contributed by atoms with Gasteiger partial charge in [0.2, 0.25) is 5.95 Å². The van der Waals surface area contributed by atoms with E-state index in [2.05, 4.69) is 27.2 Å². The third-order valence-corrected chi connectivity index (χ3v) is 6.53. The fraction of sp³-hybridized carbons (Fsp3) is 0.333. The molecule has 1 fully saturated rings. The Morgan fingerprint density at radius 1 is 1.21 bits per heavy atom. The van der Waals surface area contributed by atoms with Crippen molar-refractivity contribution in [2.24, 2.45) is 13.0 Å². The van der Waals surface area contributed by atoms with Crippen molar-refractivity contribution in [2.45, 2.75) is 26.3 Å². The highest BCUT2D eigenvalue weighted by molar-refractivity contribution is 6.32. The van der Waals surface area contributed by atoms with E-state index in [1.165, 1.54) is 0 Å². The first kappa shape index (κ1) is 21.5. The summed E-state index contributed by atoms with van der Waals surface area (Å²) < 4.78 is 3.42. The zero-order chi connectivity index (χ0) is 22.9. The molecule has 1 aliphatic heterocycles. The van der Waals surface area contributed by atoms with Gasteiger partial charge in [0, 0.05) is 49.2 Å². The van der Waals surface area contributed by atoms with Crippen LogP contribution in [0.1, 0.15) is 25.3 Å². The fourth-order valence-electron chi connectivity index (χ4n) is 4.25. The maximum atomic E-state index is 12.8. The monoisotopic (exact) mass is 463 g/mol. The van der Waals surface area contributed by atoms with Crippen LogP contribution < -0.4 is 15.8 Å². The minimum Gasteiger partial charge on any atom is -0.341 e. The minimum atomic E-state index is -0.0296. The van der Waals surface area contributed by atoms with Crippen molar-refractivity contribution in [3.8, 4) is 0 Å². The number of rotatable bonds is 5. The quantitative estimate of drug-likeness (QED) is 0.477. The summed E-state index contributed by atoms with van der Waals surface area (Å²) in [4.78, 5) is 24.2. The molecule has 0 amide bonds. The largest absolute Gasteiger partial charge is 0.341 e. The molecule has 1 aromatic carbocycles. The molecular weight excluding hydrogens is 438 g/mol. The Morgan fingerprint density at radius 2 is 2.03 bits per heavy atom. The molecule has 9 heteroatoms. The van der Waals surface area contributed by atoms with E-state index >= 15 is 0 Å². The Kier molecular flexibility index (Phi) is 5.76. The molecule has 33 heavy (non-hydrogen) atoms. The molecule has 0 aliphatic carbocycles. The Hall–Kier alpha value is -3.39. The molecule has 8 nitrogen and oxygen atoms in total. The average molecular weight is 464 g/mol. The number of hydrogen-bond donors (Lipinski definition) is 1. The second-order valence-electron chi connectivity index (χ2n) is 8.67. The number of benzene rings is 1. The molecule has 0 spiro atoms. The van der Waals surface area contributed by atoms with Crippen LogP contribution in [0.15, 0.2) is 53.7 Å². The second-order valence-corrected chi connectivity index (χ2v) is 9.08. The summed E-state index contributed by atoms with van der Waals surface area (Å²) >= 11 is 6.42. The van der Waals surface area contributed by atoms with Crippen LogP contribution in [0.4, 0.5) is 17.5 Å². The molecule has 0 atom stereocenters. The molecule has 0 radical (unpaired) electrons. The molecule has 3 aromatic heterocycles. The summed E-state index contributed by atoms with van der Waals surface area (Å²) in [6, 6.07) is 9.63. The molecule has 0 saturated carbocycles. The van der Waals surface area contributed by atoms with Gasteiger partial charge in [-0.2, -0.15) is 10.1 Å². The highest BCUT2D eigenvalue weighted by Crippen LogP contribution is 2.28. The first-order valence-corrected chi connectivity index (χ1v) is 11.5. The van der Waals surface area contributed by atoms with Crippen molar-refractivity contribution in [3.05, 3.63) is 69.9 Å². The SMILES string of the molecule is CC1CCN(c2ncc(Cl)c(Nc3ccc4c(c3)cc(Cn3cccn3)c(=O)n4C)n2)CC1. The lowest BCUT2D eigenvalue weighted by Gasteiger charge is -2.30. The molecule has 4 heterocycles. The summed E-state index contributed by atoms with van der Waals surface area (Å²) in [5.41, 5.74) is 2.34. The van der Waals surface area contributed by atoms with E-state index in [-0.39, 0.29) is 5.56 Å². The van der Waals surface area contributed by atoms with Crippen LogP contribution >= 0.6 is 11.6 Å². The zero-order valence-corrected chi connectivity index (χ0v) is 19.5. The summed E-state index contributed by atoms with van der Waals surface area (Å²) in [6.07, 6.45) is 7.48. The molecule has 1 aliphatic rings. The Bertz CT molecular complexity index is 1340. The van der Waals surface area contributed by atoms with Crippen molar-refractivity contribution in [3.63, 3.8) is 0 Å². The Morgan fingerprint density at radius 3 is 2.79 bits per heavy atom. The van der Waals surface area contributed by atoms with Gasteiger partial charge in [0.15, 0.2) is 5.82 Å². The van der Waals surface area contributed by atoms with Crippen LogP contribution in [0.3, 0.4) is 0 Å². The third-order valence-electron chi connectivity index (χ3n) is 6.25. The van der Waals surface area contributed by atoms with E-state index in [9.17, 15) is 4.79 Å². The van der Waals surface area contributed by atoms with Gasteiger partial charge in [0.25, 0.3) is 5.56 Å². The van der Waals surface area contributed by atoms with Crippen LogP contribution in [-0.2, 0) is 13.6 Å². The number of fused-ring (bicyclic) bond motifs is 1. The Balaban J connectivity index is 1.45. The first-order chi connectivity index (χ1) is 16.0. The topological polar surface area (TPSA) is 80.9 Å². The summed E-state index contributed by atoms with van der Waals surface area (Å²) in [6.45, 7) is 4.60. The smallest absolute Gasteiger partial charge is 0.255 e. The number of hydrogen-bond acceptors (Lipinski definition) is 6. The lowest BCUT2D eigenvalue weighted by molar-refractivity contribution is 0.434. The number of halogens is 1. The zero-order valence-electron chi connectivity index (χ0n) is 18.7. The third kappa shape index (κ3) is 4.43. The van der Waals surface area contributed by atoms with E-state index in [4.69, 9.17) is 16.6 Å². The summed E-state index contributed by atoms with van der Waals surface area (Å²) in [5.74, 6) is 2.00. The number of anilines is 3. The first-order valence-electron chi connectivity index (χ1n) is 11.1. The van der Waals surface area contributed by atoms with Crippen molar-refractivity contribution in [1.29, 1.82) is 0 Å². The predicted octanol–water partition coefficient (Wildman–Crippen LogP) is 4.21. The minimum absolute atomic E-state index is 0.0296. The van der Waals surface area contributed by atoms with Gasteiger partial charge in [-0.05, 0) is 49.1 Å². The number of piperidine rings is 1. The molecular formula is C24H26ClN7O. The number of aryl methyl sites for hydroxylation is 1. The van der Waals surface area contributed by atoms with Gasteiger partial charge in [0.1, 0.15) is 5.02 Å². The van der Waals surface area contributed by atoms with Gasteiger partial charge in [0.05, 0.1) is 18.3 Å². The van der Waals surface area contributed by atoms with E-state index < -0.39 is 0 Å². The average Bonchev–Trinajstić information content (AvgIpc) is 3.32. The lowest BCUT2D eigenvalue weighted by Crippen LogP contribution is -2.34. The number of pyridine rings is 1. The molecule has 1 saturated heterocycles. The van der Waals surface area contributed by atoms with Crippen molar-refractivity contribution >= 4 is 40.0 Å². The molecule has 170 valence electrons. The van der Waals surface area contributed by atoms with Crippen molar-refractivity contribution in [2.75, 3.05) is 23.3 Å². The van der Waals surface area contributed by atoms with Crippen LogP contribution in [0.2, 0.25) is 5.02 Å². The van der Waals surface area contributed by atoms with Crippen LogP contribution in [-0.4, -0.2) is 37.4 Å². The fourth-order valence-corrected chi connectivity index (χ4v) is 4.39. The molecule has 0 unspecified atom stereocenters. The number of nitrogens with one attached hydrogen (secondary N) is 1. The normalized spacial score (nSPS) is 14.7. The van der Waals surface area contributed by atoms with Crippen LogP contribution in [0.25, 0.3) is 10.9 Å². The summed E-state index contributed by atoms with van der Waals surface area (Å²) in [5, 5.41) is 8.96. The maximum Gasteiger partial charge on any atom is 0.255 e. The van der Waals surface area contributed by atoms with Crippen molar-refractivity contribution in [1.82, 2.24) is 24.3 Å².